The fourth-order valence-electron chi connectivity index (χ4n) is 2.83. The molecule has 0 heterocycles. The standard InChI is InChI=1S/C23H22NO7P/c25-22(30-15-17-7-3-1-4-8-17)21(19-11-13-20(14-12-19)32(27,28)29)24-23(26)31-16-18-9-5-2-6-10-18/h1-14,21H,15-16H2,(H,24,26)(H2,27,28,29)/t21-/m1/s1. The lowest BCUT2D eigenvalue weighted by atomic mass is 10.1. The maximum absolute atomic E-state index is 12.8. The van der Waals surface area contributed by atoms with Gasteiger partial charge < -0.3 is 24.6 Å². The highest BCUT2D eigenvalue weighted by Crippen LogP contribution is 2.33. The smallest absolute Gasteiger partial charge is 0.408 e. The van der Waals surface area contributed by atoms with E-state index in [4.69, 9.17) is 9.47 Å². The lowest BCUT2D eigenvalue weighted by Gasteiger charge is -2.18. The van der Waals surface area contributed by atoms with Crippen LogP contribution in [0.2, 0.25) is 0 Å². The van der Waals surface area contributed by atoms with Gasteiger partial charge in [-0.25, -0.2) is 9.59 Å². The molecule has 3 N–H and O–H groups in total. The fraction of sp³-hybridized carbons (Fsp3) is 0.130. The number of hydrogen-bond acceptors (Lipinski definition) is 5. The fourth-order valence-corrected chi connectivity index (χ4v) is 3.37. The summed E-state index contributed by atoms with van der Waals surface area (Å²) in [7, 11) is -4.45. The summed E-state index contributed by atoms with van der Waals surface area (Å²) in [4.78, 5) is 43.7. The van der Waals surface area contributed by atoms with Crippen molar-refractivity contribution in [1.82, 2.24) is 5.32 Å². The summed E-state index contributed by atoms with van der Waals surface area (Å²) in [5, 5.41) is 2.26. The molecule has 1 amide bonds. The molecule has 166 valence electrons. The van der Waals surface area contributed by atoms with Crippen molar-refractivity contribution in [2.24, 2.45) is 0 Å². The summed E-state index contributed by atoms with van der Waals surface area (Å²) in [5.41, 5.74) is 1.83. The number of ether oxygens (including phenoxy) is 2. The van der Waals surface area contributed by atoms with Gasteiger partial charge in [-0.1, -0.05) is 72.8 Å². The molecule has 1 atom stereocenters. The third kappa shape index (κ3) is 6.78. The van der Waals surface area contributed by atoms with Crippen LogP contribution in [0.15, 0.2) is 84.9 Å². The van der Waals surface area contributed by atoms with Crippen LogP contribution in [0.25, 0.3) is 0 Å². The number of alkyl carbamates (subject to hydrolysis) is 1. The molecule has 0 aliphatic heterocycles. The van der Waals surface area contributed by atoms with Gasteiger partial charge in [0.1, 0.15) is 13.2 Å². The van der Waals surface area contributed by atoms with Gasteiger partial charge >= 0.3 is 19.7 Å². The normalized spacial score (nSPS) is 11.9. The highest BCUT2D eigenvalue weighted by Gasteiger charge is 2.26. The van der Waals surface area contributed by atoms with Crippen molar-refractivity contribution in [1.29, 1.82) is 0 Å². The van der Waals surface area contributed by atoms with E-state index in [0.29, 0.717) is 0 Å². The number of carbonyl (C=O) groups excluding carboxylic acids is 2. The lowest BCUT2D eigenvalue weighted by Crippen LogP contribution is -2.35. The van der Waals surface area contributed by atoms with E-state index in [1.807, 2.05) is 24.3 Å². The maximum atomic E-state index is 12.8. The van der Waals surface area contributed by atoms with E-state index in [1.165, 1.54) is 24.3 Å². The first-order valence-corrected chi connectivity index (χ1v) is 11.3. The second kappa shape index (κ2) is 10.7. The van der Waals surface area contributed by atoms with Crippen molar-refractivity contribution in [3.05, 3.63) is 102 Å². The zero-order valence-electron chi connectivity index (χ0n) is 17.0. The van der Waals surface area contributed by atoms with E-state index in [1.54, 1.807) is 36.4 Å². The molecule has 0 spiro atoms. The van der Waals surface area contributed by atoms with Gasteiger partial charge in [0, 0.05) is 0 Å². The number of hydrogen-bond donors (Lipinski definition) is 3. The minimum atomic E-state index is -4.45. The van der Waals surface area contributed by atoms with Crippen LogP contribution in [0.5, 0.6) is 0 Å². The van der Waals surface area contributed by atoms with Crippen molar-refractivity contribution in [2.45, 2.75) is 19.3 Å². The van der Waals surface area contributed by atoms with Crippen LogP contribution in [-0.2, 0) is 32.0 Å². The summed E-state index contributed by atoms with van der Waals surface area (Å²) in [6.07, 6.45) is -0.838. The Labute approximate surface area is 185 Å². The molecule has 3 aromatic rings. The number of rotatable bonds is 8. The van der Waals surface area contributed by atoms with Gasteiger partial charge in [0.05, 0.1) is 5.30 Å². The summed E-state index contributed by atoms with van der Waals surface area (Å²) >= 11 is 0. The molecule has 3 aromatic carbocycles. The van der Waals surface area contributed by atoms with Gasteiger partial charge in [0.25, 0.3) is 0 Å². The molecule has 0 bridgehead atoms. The Kier molecular flexibility index (Phi) is 7.78. The van der Waals surface area contributed by atoms with Crippen molar-refractivity contribution in [2.75, 3.05) is 0 Å². The van der Waals surface area contributed by atoms with E-state index in [-0.39, 0.29) is 24.1 Å². The van der Waals surface area contributed by atoms with Crippen LogP contribution in [0.3, 0.4) is 0 Å². The Hall–Kier alpha value is -3.45. The minimum Gasteiger partial charge on any atom is -0.459 e. The summed E-state index contributed by atoms with van der Waals surface area (Å²) in [6, 6.07) is 21.9. The molecule has 0 aliphatic carbocycles. The number of benzene rings is 3. The SMILES string of the molecule is O=C(N[C@@H](C(=O)OCc1ccccc1)c1ccc(P(=O)(O)O)cc1)OCc1ccccc1. The molecular formula is C23H22NO7P. The Morgan fingerprint density at radius 3 is 1.78 bits per heavy atom. The second-order valence-corrected chi connectivity index (χ2v) is 8.47. The third-order valence-corrected chi connectivity index (χ3v) is 5.47. The molecule has 0 saturated carbocycles. The van der Waals surface area contributed by atoms with E-state index >= 15 is 0 Å². The molecule has 8 nitrogen and oxygen atoms in total. The summed E-state index contributed by atoms with van der Waals surface area (Å²) < 4.78 is 21.9. The highest BCUT2D eigenvalue weighted by atomic mass is 31.2. The van der Waals surface area contributed by atoms with Crippen molar-refractivity contribution >= 4 is 25.0 Å². The Morgan fingerprint density at radius 2 is 1.28 bits per heavy atom. The quantitative estimate of drug-likeness (QED) is 0.352. The van der Waals surface area contributed by atoms with E-state index in [2.05, 4.69) is 5.32 Å². The predicted octanol–water partition coefficient (Wildman–Crippen LogP) is 3.20. The summed E-state index contributed by atoms with van der Waals surface area (Å²) in [6.45, 7) is 0.00703. The van der Waals surface area contributed by atoms with Crippen LogP contribution >= 0.6 is 7.60 Å². The molecule has 0 fully saturated rings. The lowest BCUT2D eigenvalue weighted by molar-refractivity contribution is -0.147. The third-order valence-electron chi connectivity index (χ3n) is 4.50. The van der Waals surface area contributed by atoms with Crippen LogP contribution in [0.1, 0.15) is 22.7 Å². The van der Waals surface area contributed by atoms with E-state index < -0.39 is 25.7 Å². The van der Waals surface area contributed by atoms with Gasteiger partial charge in [-0.05, 0) is 28.8 Å². The van der Waals surface area contributed by atoms with E-state index in [9.17, 15) is 23.9 Å². The molecule has 0 aliphatic rings. The summed E-state index contributed by atoms with van der Waals surface area (Å²) in [5.74, 6) is -0.741. The van der Waals surface area contributed by atoms with Gasteiger partial charge in [0.15, 0.2) is 6.04 Å². The van der Waals surface area contributed by atoms with Crippen molar-refractivity contribution in [3.63, 3.8) is 0 Å². The Morgan fingerprint density at radius 1 is 0.781 bits per heavy atom. The maximum Gasteiger partial charge on any atom is 0.408 e. The monoisotopic (exact) mass is 455 g/mol. The first-order chi connectivity index (χ1) is 15.3. The molecule has 0 saturated heterocycles. The molecule has 32 heavy (non-hydrogen) atoms. The van der Waals surface area contributed by atoms with Crippen LogP contribution in [0.4, 0.5) is 4.79 Å². The number of esters is 1. The molecule has 0 radical (unpaired) electrons. The van der Waals surface area contributed by atoms with Gasteiger partial charge in [0.2, 0.25) is 0 Å². The molecule has 9 heteroatoms. The van der Waals surface area contributed by atoms with E-state index in [0.717, 1.165) is 11.1 Å². The molecular weight excluding hydrogens is 433 g/mol. The van der Waals surface area contributed by atoms with Gasteiger partial charge in [-0.3, -0.25) is 4.57 Å². The average molecular weight is 455 g/mol. The topological polar surface area (TPSA) is 122 Å². The van der Waals surface area contributed by atoms with Crippen LogP contribution in [0, 0.1) is 0 Å². The first-order valence-electron chi connectivity index (χ1n) is 9.67. The number of carbonyl (C=O) groups is 2. The first kappa shape index (κ1) is 23.2. The largest absolute Gasteiger partial charge is 0.459 e. The van der Waals surface area contributed by atoms with Gasteiger partial charge in [-0.2, -0.15) is 0 Å². The zero-order valence-corrected chi connectivity index (χ0v) is 17.9. The average Bonchev–Trinajstić information content (AvgIpc) is 2.80. The molecule has 3 rings (SSSR count). The van der Waals surface area contributed by atoms with Crippen molar-refractivity contribution < 1.29 is 33.4 Å². The molecule has 0 aromatic heterocycles. The van der Waals surface area contributed by atoms with Crippen LogP contribution < -0.4 is 10.6 Å². The minimum absolute atomic E-state index is 0.00250. The zero-order chi connectivity index (χ0) is 23.0. The van der Waals surface area contributed by atoms with Gasteiger partial charge in [-0.15, -0.1) is 0 Å². The highest BCUT2D eigenvalue weighted by molar-refractivity contribution is 7.60. The van der Waals surface area contributed by atoms with Crippen molar-refractivity contribution in [3.8, 4) is 0 Å². The Bertz CT molecular complexity index is 1080. The Balaban J connectivity index is 1.72. The second-order valence-electron chi connectivity index (χ2n) is 6.87. The predicted molar refractivity (Wildman–Crippen MR) is 117 cm³/mol. The number of amides is 1. The van der Waals surface area contributed by atoms with Crippen LogP contribution in [-0.4, -0.2) is 21.8 Å². The molecule has 0 unspecified atom stereocenters. The number of nitrogens with one attached hydrogen (secondary N) is 1.